The van der Waals surface area contributed by atoms with Gasteiger partial charge in [0.15, 0.2) is 0 Å². The lowest BCUT2D eigenvalue weighted by atomic mass is 9.94. The van der Waals surface area contributed by atoms with Crippen LogP contribution in [0.1, 0.15) is 32.4 Å². The van der Waals surface area contributed by atoms with Crippen LogP contribution in [0.25, 0.3) is 0 Å². The van der Waals surface area contributed by atoms with Gasteiger partial charge in [0.2, 0.25) is 0 Å². The normalized spacial score (nSPS) is 21.9. The minimum Gasteiger partial charge on any atom is -0.486 e. The number of esters is 1. The summed E-state index contributed by atoms with van der Waals surface area (Å²) in [4.78, 5) is 11.5. The SMILES string of the molecule is COC(=O)C(C)NC1c2ccccc2OC1(C)C. The average molecular weight is 249 g/mol. The number of fused-ring (bicyclic) bond motifs is 1. The smallest absolute Gasteiger partial charge is 0.322 e. The number of ether oxygens (including phenoxy) is 2. The molecular formula is C14H19NO3. The highest BCUT2D eigenvalue weighted by Gasteiger charge is 2.42. The lowest BCUT2D eigenvalue weighted by molar-refractivity contribution is -0.143. The van der Waals surface area contributed by atoms with Crippen LogP contribution in [-0.4, -0.2) is 24.7 Å². The lowest BCUT2D eigenvalue weighted by Crippen LogP contribution is -2.45. The molecule has 2 rings (SSSR count). The van der Waals surface area contributed by atoms with Crippen molar-refractivity contribution in [1.29, 1.82) is 0 Å². The second-order valence-electron chi connectivity index (χ2n) is 5.09. The van der Waals surface area contributed by atoms with Gasteiger partial charge in [-0.1, -0.05) is 18.2 Å². The summed E-state index contributed by atoms with van der Waals surface area (Å²) >= 11 is 0. The van der Waals surface area contributed by atoms with Crippen LogP contribution < -0.4 is 10.1 Å². The number of benzene rings is 1. The van der Waals surface area contributed by atoms with Crippen LogP contribution in [0, 0.1) is 0 Å². The summed E-state index contributed by atoms with van der Waals surface area (Å²) in [6.07, 6.45) is 0. The molecule has 1 aliphatic heterocycles. The van der Waals surface area contributed by atoms with Gasteiger partial charge in [0.25, 0.3) is 0 Å². The Hall–Kier alpha value is -1.55. The highest BCUT2D eigenvalue weighted by Crippen LogP contribution is 2.42. The summed E-state index contributed by atoms with van der Waals surface area (Å²) in [6.45, 7) is 5.81. The van der Waals surface area contributed by atoms with Crippen LogP contribution in [0.2, 0.25) is 0 Å². The molecule has 0 amide bonds. The van der Waals surface area contributed by atoms with Crippen molar-refractivity contribution in [3.63, 3.8) is 0 Å². The van der Waals surface area contributed by atoms with E-state index in [1.54, 1.807) is 6.92 Å². The van der Waals surface area contributed by atoms with Crippen LogP contribution in [0.4, 0.5) is 0 Å². The van der Waals surface area contributed by atoms with E-state index in [-0.39, 0.29) is 23.7 Å². The van der Waals surface area contributed by atoms with E-state index in [4.69, 9.17) is 9.47 Å². The Morgan fingerprint density at radius 1 is 1.44 bits per heavy atom. The molecular weight excluding hydrogens is 230 g/mol. The van der Waals surface area contributed by atoms with Crippen molar-refractivity contribution in [3.8, 4) is 5.75 Å². The van der Waals surface area contributed by atoms with Crippen molar-refractivity contribution in [1.82, 2.24) is 5.32 Å². The maximum atomic E-state index is 11.5. The summed E-state index contributed by atoms with van der Waals surface area (Å²) in [7, 11) is 1.39. The number of hydrogen-bond acceptors (Lipinski definition) is 4. The van der Waals surface area contributed by atoms with Gasteiger partial charge in [0.05, 0.1) is 13.2 Å². The van der Waals surface area contributed by atoms with Gasteiger partial charge in [0.1, 0.15) is 17.4 Å². The second kappa shape index (κ2) is 4.61. The molecule has 18 heavy (non-hydrogen) atoms. The first-order valence-corrected chi connectivity index (χ1v) is 6.07. The van der Waals surface area contributed by atoms with E-state index in [0.29, 0.717) is 0 Å². The summed E-state index contributed by atoms with van der Waals surface area (Å²) in [5.74, 6) is 0.604. The summed E-state index contributed by atoms with van der Waals surface area (Å²) in [5.41, 5.74) is 0.699. The van der Waals surface area contributed by atoms with E-state index < -0.39 is 0 Å². The summed E-state index contributed by atoms with van der Waals surface area (Å²) < 4.78 is 10.6. The highest BCUT2D eigenvalue weighted by molar-refractivity contribution is 5.75. The summed E-state index contributed by atoms with van der Waals surface area (Å²) in [6, 6.07) is 7.49. The topological polar surface area (TPSA) is 47.6 Å². The number of para-hydroxylation sites is 1. The minimum absolute atomic E-state index is 0.0252. The number of carbonyl (C=O) groups excluding carboxylic acids is 1. The molecule has 1 aromatic rings. The molecule has 2 atom stereocenters. The quantitative estimate of drug-likeness (QED) is 0.833. The van der Waals surface area contributed by atoms with Crippen molar-refractivity contribution in [2.75, 3.05) is 7.11 Å². The minimum atomic E-state index is -0.383. The third-order valence-corrected chi connectivity index (χ3v) is 3.27. The van der Waals surface area contributed by atoms with E-state index >= 15 is 0 Å². The fraction of sp³-hybridized carbons (Fsp3) is 0.500. The molecule has 1 aromatic carbocycles. The van der Waals surface area contributed by atoms with Crippen LogP contribution in [0.5, 0.6) is 5.75 Å². The molecule has 0 aromatic heterocycles. The van der Waals surface area contributed by atoms with Crippen LogP contribution in [-0.2, 0) is 9.53 Å². The molecule has 98 valence electrons. The molecule has 0 spiro atoms. The van der Waals surface area contributed by atoms with E-state index in [9.17, 15) is 4.79 Å². The highest BCUT2D eigenvalue weighted by atomic mass is 16.5. The lowest BCUT2D eigenvalue weighted by Gasteiger charge is -2.29. The first-order valence-electron chi connectivity index (χ1n) is 6.07. The Balaban J connectivity index is 2.23. The average Bonchev–Trinajstić information content (AvgIpc) is 2.59. The fourth-order valence-corrected chi connectivity index (χ4v) is 2.31. The van der Waals surface area contributed by atoms with Crippen molar-refractivity contribution >= 4 is 5.97 Å². The van der Waals surface area contributed by atoms with Crippen LogP contribution >= 0.6 is 0 Å². The molecule has 1 heterocycles. The molecule has 1 N–H and O–H groups in total. The Bertz CT molecular complexity index is 456. The maximum Gasteiger partial charge on any atom is 0.322 e. The van der Waals surface area contributed by atoms with Crippen molar-refractivity contribution in [2.45, 2.75) is 38.5 Å². The Kier molecular flexibility index (Phi) is 3.30. The van der Waals surface area contributed by atoms with Gasteiger partial charge in [-0.15, -0.1) is 0 Å². The Labute approximate surface area is 107 Å². The van der Waals surface area contributed by atoms with Gasteiger partial charge in [-0.05, 0) is 26.8 Å². The number of carbonyl (C=O) groups is 1. The monoisotopic (exact) mass is 249 g/mol. The fourth-order valence-electron chi connectivity index (χ4n) is 2.31. The standard InChI is InChI=1S/C14H19NO3/c1-9(13(16)17-4)15-12-10-7-5-6-8-11(10)18-14(12,2)3/h5-9,12,15H,1-4H3. The zero-order valence-corrected chi connectivity index (χ0v) is 11.2. The number of hydrogen-bond donors (Lipinski definition) is 1. The molecule has 0 fully saturated rings. The number of rotatable bonds is 3. The largest absolute Gasteiger partial charge is 0.486 e. The molecule has 4 heteroatoms. The van der Waals surface area contributed by atoms with Gasteiger partial charge in [-0.3, -0.25) is 10.1 Å². The van der Waals surface area contributed by atoms with Gasteiger partial charge >= 0.3 is 5.97 Å². The van der Waals surface area contributed by atoms with Crippen molar-refractivity contribution in [3.05, 3.63) is 29.8 Å². The van der Waals surface area contributed by atoms with Gasteiger partial charge in [0, 0.05) is 5.56 Å². The van der Waals surface area contributed by atoms with Crippen LogP contribution in [0.3, 0.4) is 0 Å². The number of nitrogens with one attached hydrogen (secondary N) is 1. The molecule has 0 saturated heterocycles. The molecule has 0 bridgehead atoms. The maximum absolute atomic E-state index is 11.5. The molecule has 1 aliphatic rings. The van der Waals surface area contributed by atoms with E-state index in [0.717, 1.165) is 11.3 Å². The molecule has 0 aliphatic carbocycles. The molecule has 4 nitrogen and oxygen atoms in total. The zero-order chi connectivity index (χ0) is 13.3. The molecule has 0 saturated carbocycles. The summed E-state index contributed by atoms with van der Waals surface area (Å²) in [5, 5.41) is 3.28. The van der Waals surface area contributed by atoms with E-state index in [2.05, 4.69) is 5.32 Å². The third kappa shape index (κ3) is 2.20. The molecule has 2 unspecified atom stereocenters. The third-order valence-electron chi connectivity index (χ3n) is 3.27. The first kappa shape index (κ1) is 12.9. The first-order chi connectivity index (χ1) is 8.45. The Morgan fingerprint density at radius 2 is 2.11 bits per heavy atom. The van der Waals surface area contributed by atoms with Gasteiger partial charge in [-0.2, -0.15) is 0 Å². The predicted octanol–water partition coefficient (Wildman–Crippen LogP) is 2.05. The molecule has 0 radical (unpaired) electrons. The van der Waals surface area contributed by atoms with Crippen molar-refractivity contribution < 1.29 is 14.3 Å². The van der Waals surface area contributed by atoms with E-state index in [1.807, 2.05) is 38.1 Å². The number of methoxy groups -OCH3 is 1. The zero-order valence-electron chi connectivity index (χ0n) is 11.2. The van der Waals surface area contributed by atoms with Crippen LogP contribution in [0.15, 0.2) is 24.3 Å². The van der Waals surface area contributed by atoms with E-state index in [1.165, 1.54) is 7.11 Å². The second-order valence-corrected chi connectivity index (χ2v) is 5.09. The van der Waals surface area contributed by atoms with Gasteiger partial charge < -0.3 is 9.47 Å². The Morgan fingerprint density at radius 3 is 2.78 bits per heavy atom. The predicted molar refractivity (Wildman–Crippen MR) is 68.5 cm³/mol. The van der Waals surface area contributed by atoms with Gasteiger partial charge in [-0.25, -0.2) is 0 Å². The van der Waals surface area contributed by atoms with Crippen molar-refractivity contribution in [2.24, 2.45) is 0 Å².